The number of allylic oxidation sites excluding steroid dienone is 2. The Labute approximate surface area is 129 Å². The maximum Gasteiger partial charge on any atom is 0.409 e. The van der Waals surface area contributed by atoms with Crippen LogP contribution in [0.15, 0.2) is 61.2 Å². The molecule has 0 saturated heterocycles. The molecule has 0 aliphatic carbocycles. The summed E-state index contributed by atoms with van der Waals surface area (Å²) in [6, 6.07) is 9.55. The van der Waals surface area contributed by atoms with Gasteiger partial charge in [0.25, 0.3) is 0 Å². The first kappa shape index (κ1) is 18.1. The average molecular weight is 307 g/mol. The van der Waals surface area contributed by atoms with Gasteiger partial charge in [0, 0.05) is 25.0 Å². The molecule has 0 atom stereocenters. The second kappa shape index (κ2) is 9.87. The Hall–Kier alpha value is -1.98. The third-order valence-electron chi connectivity index (χ3n) is 2.74. The maximum absolute atomic E-state index is 11.7. The monoisotopic (exact) mass is 307 g/mol. The van der Waals surface area contributed by atoms with Crippen LogP contribution >= 0.6 is 0 Å². The van der Waals surface area contributed by atoms with E-state index in [1.807, 2.05) is 48.4 Å². The van der Waals surface area contributed by atoms with Crippen molar-refractivity contribution in [2.75, 3.05) is 0 Å². The summed E-state index contributed by atoms with van der Waals surface area (Å²) in [5, 5.41) is 0. The first-order valence-electron chi connectivity index (χ1n) is 7.09. The zero-order chi connectivity index (χ0) is 16.3. The molecule has 117 valence electrons. The molecule has 1 aromatic heterocycles. The molecule has 0 amide bonds. The van der Waals surface area contributed by atoms with E-state index in [-0.39, 0.29) is 6.08 Å². The number of benzene rings is 1. The first-order valence-corrected chi connectivity index (χ1v) is 7.09. The van der Waals surface area contributed by atoms with Gasteiger partial charge in [-0.05, 0) is 13.3 Å². The SMILES string of the molecule is CCn1ccnc1.FC(F)(F)C=CCC[B]c1ccccc1. The molecular formula is C16H19BF3N2. The van der Waals surface area contributed by atoms with Gasteiger partial charge >= 0.3 is 6.18 Å². The number of halogens is 3. The number of aryl methyl sites for hydroxylation is 1. The average Bonchev–Trinajstić information content (AvgIpc) is 3.01. The van der Waals surface area contributed by atoms with Crippen molar-refractivity contribution in [3.05, 3.63) is 61.2 Å². The normalized spacial score (nSPS) is 11.1. The van der Waals surface area contributed by atoms with Crippen LogP contribution in [-0.2, 0) is 6.54 Å². The summed E-state index contributed by atoms with van der Waals surface area (Å²) in [7, 11) is 1.92. The van der Waals surface area contributed by atoms with Crippen molar-refractivity contribution in [2.24, 2.45) is 0 Å². The van der Waals surface area contributed by atoms with Gasteiger partial charge in [-0.2, -0.15) is 13.2 Å². The van der Waals surface area contributed by atoms with Crippen molar-refractivity contribution in [3.63, 3.8) is 0 Å². The van der Waals surface area contributed by atoms with Crippen LogP contribution in [0.2, 0.25) is 6.32 Å². The van der Waals surface area contributed by atoms with Crippen LogP contribution in [0.5, 0.6) is 0 Å². The van der Waals surface area contributed by atoms with Gasteiger partial charge < -0.3 is 4.57 Å². The van der Waals surface area contributed by atoms with Crippen LogP contribution in [0.4, 0.5) is 13.2 Å². The zero-order valence-electron chi connectivity index (χ0n) is 12.5. The molecule has 0 N–H and O–H groups in total. The predicted molar refractivity (Wildman–Crippen MR) is 84.4 cm³/mol. The van der Waals surface area contributed by atoms with Gasteiger partial charge in [0.1, 0.15) is 0 Å². The zero-order valence-corrected chi connectivity index (χ0v) is 12.5. The molecule has 0 saturated carbocycles. The lowest BCUT2D eigenvalue weighted by molar-refractivity contribution is -0.0800. The Morgan fingerprint density at radius 2 is 1.95 bits per heavy atom. The van der Waals surface area contributed by atoms with Gasteiger partial charge in [-0.1, -0.05) is 48.2 Å². The summed E-state index contributed by atoms with van der Waals surface area (Å²) in [4.78, 5) is 3.86. The van der Waals surface area contributed by atoms with Crippen LogP contribution < -0.4 is 5.46 Å². The molecule has 0 bridgehead atoms. The van der Waals surface area contributed by atoms with Crippen molar-refractivity contribution < 1.29 is 13.2 Å². The number of hydrogen-bond donors (Lipinski definition) is 0. The van der Waals surface area contributed by atoms with Crippen molar-refractivity contribution in [3.8, 4) is 0 Å². The van der Waals surface area contributed by atoms with Crippen LogP contribution in [0.3, 0.4) is 0 Å². The van der Waals surface area contributed by atoms with Gasteiger partial charge in [0.05, 0.1) is 6.33 Å². The lowest BCUT2D eigenvalue weighted by Crippen LogP contribution is -2.12. The number of imidazole rings is 1. The fourth-order valence-electron chi connectivity index (χ4n) is 1.63. The molecule has 0 spiro atoms. The summed E-state index contributed by atoms with van der Waals surface area (Å²) in [5.74, 6) is 0. The van der Waals surface area contributed by atoms with E-state index in [0.717, 1.165) is 18.1 Å². The molecule has 0 aliphatic rings. The predicted octanol–water partition coefficient (Wildman–Crippen LogP) is 3.85. The molecule has 0 unspecified atom stereocenters. The summed E-state index contributed by atoms with van der Waals surface area (Å²) in [6.07, 6.45) is 3.81. The highest BCUT2D eigenvalue weighted by molar-refractivity contribution is 6.53. The minimum absolute atomic E-state index is 0.284. The molecule has 2 aromatic rings. The van der Waals surface area contributed by atoms with Gasteiger partial charge in [-0.3, -0.25) is 0 Å². The highest BCUT2D eigenvalue weighted by atomic mass is 19.4. The molecule has 2 rings (SSSR count). The smallest absolute Gasteiger partial charge is 0.338 e. The van der Waals surface area contributed by atoms with Crippen molar-refractivity contribution in [2.45, 2.75) is 32.4 Å². The van der Waals surface area contributed by atoms with Gasteiger partial charge in [-0.15, -0.1) is 0 Å². The van der Waals surface area contributed by atoms with Crippen LogP contribution in [0, 0.1) is 0 Å². The van der Waals surface area contributed by atoms with Gasteiger partial charge in [0.15, 0.2) is 7.28 Å². The minimum Gasteiger partial charge on any atom is -0.338 e. The Bertz CT molecular complexity index is 522. The van der Waals surface area contributed by atoms with Gasteiger partial charge in [-0.25, -0.2) is 4.98 Å². The van der Waals surface area contributed by atoms with Crippen LogP contribution in [0.25, 0.3) is 0 Å². The fraction of sp³-hybridized carbons (Fsp3) is 0.312. The van der Waals surface area contributed by atoms with Crippen LogP contribution in [-0.4, -0.2) is 23.0 Å². The van der Waals surface area contributed by atoms with Gasteiger partial charge in [0.2, 0.25) is 0 Å². The van der Waals surface area contributed by atoms with E-state index in [1.54, 1.807) is 12.5 Å². The third kappa shape index (κ3) is 9.05. The molecule has 2 nitrogen and oxygen atoms in total. The summed E-state index contributed by atoms with van der Waals surface area (Å²) in [5.41, 5.74) is 1.04. The van der Waals surface area contributed by atoms with E-state index < -0.39 is 6.18 Å². The second-order valence-corrected chi connectivity index (χ2v) is 4.53. The maximum atomic E-state index is 11.7. The standard InChI is InChI=1S/C11H11BF3.C5H8N2/c13-11(14,15)8-4-5-9-12-10-6-2-1-3-7-10;1-2-7-4-3-6-5-7/h1-4,6-8H,5,9H2;3-5H,2H2,1H3. The fourth-order valence-corrected chi connectivity index (χ4v) is 1.63. The summed E-state index contributed by atoms with van der Waals surface area (Å²) in [6.45, 7) is 3.10. The molecule has 1 heterocycles. The summed E-state index contributed by atoms with van der Waals surface area (Å²) >= 11 is 0. The van der Waals surface area contributed by atoms with E-state index in [1.165, 1.54) is 0 Å². The van der Waals surface area contributed by atoms with Crippen molar-refractivity contribution in [1.29, 1.82) is 0 Å². The topological polar surface area (TPSA) is 17.8 Å². The first-order chi connectivity index (χ1) is 10.5. The number of nitrogens with zero attached hydrogens (tertiary/aromatic N) is 2. The Morgan fingerprint density at radius 1 is 1.23 bits per heavy atom. The Balaban J connectivity index is 0.000000287. The molecule has 0 aliphatic heterocycles. The van der Waals surface area contributed by atoms with E-state index in [9.17, 15) is 13.2 Å². The highest BCUT2D eigenvalue weighted by Gasteiger charge is 2.21. The minimum atomic E-state index is -4.19. The number of hydrogen-bond acceptors (Lipinski definition) is 1. The molecule has 22 heavy (non-hydrogen) atoms. The van der Waals surface area contributed by atoms with E-state index >= 15 is 0 Å². The molecule has 1 aromatic carbocycles. The number of aromatic nitrogens is 2. The largest absolute Gasteiger partial charge is 0.409 e. The molecule has 1 radical (unpaired) electrons. The number of rotatable bonds is 5. The highest BCUT2D eigenvalue weighted by Crippen LogP contribution is 2.16. The molecule has 6 heteroatoms. The van der Waals surface area contributed by atoms with E-state index in [4.69, 9.17) is 0 Å². The van der Waals surface area contributed by atoms with E-state index in [0.29, 0.717) is 12.7 Å². The lowest BCUT2D eigenvalue weighted by Gasteiger charge is -1.98. The Kier molecular flexibility index (Phi) is 8.11. The quantitative estimate of drug-likeness (QED) is 0.466. The van der Waals surface area contributed by atoms with Crippen LogP contribution in [0.1, 0.15) is 13.3 Å². The molecular weight excluding hydrogens is 288 g/mol. The number of alkyl halides is 3. The summed E-state index contributed by atoms with van der Waals surface area (Å²) < 4.78 is 37.1. The Morgan fingerprint density at radius 3 is 2.45 bits per heavy atom. The second-order valence-electron chi connectivity index (χ2n) is 4.53. The van der Waals surface area contributed by atoms with Crippen molar-refractivity contribution >= 4 is 12.7 Å². The van der Waals surface area contributed by atoms with E-state index in [2.05, 4.69) is 11.9 Å². The molecule has 0 fully saturated rings. The third-order valence-corrected chi connectivity index (χ3v) is 2.74. The lowest BCUT2D eigenvalue weighted by atomic mass is 9.66. The van der Waals surface area contributed by atoms with Crippen molar-refractivity contribution in [1.82, 2.24) is 9.55 Å².